The largest absolute Gasteiger partial charge is 0.375 e. The van der Waals surface area contributed by atoms with Gasteiger partial charge in [0.2, 0.25) is 5.91 Å². The van der Waals surface area contributed by atoms with Crippen molar-refractivity contribution in [3.63, 3.8) is 0 Å². The van der Waals surface area contributed by atoms with Crippen molar-refractivity contribution in [3.05, 3.63) is 11.1 Å². The second-order valence-electron chi connectivity index (χ2n) is 4.31. The van der Waals surface area contributed by atoms with Crippen LogP contribution in [0.1, 0.15) is 31.9 Å². The first-order valence-electron chi connectivity index (χ1n) is 5.68. The molecule has 2 unspecified atom stereocenters. The Morgan fingerprint density at radius 3 is 3.19 bits per heavy atom. The molecule has 1 heterocycles. The summed E-state index contributed by atoms with van der Waals surface area (Å²) < 4.78 is 0. The van der Waals surface area contributed by atoms with Crippen molar-refractivity contribution in [1.29, 1.82) is 0 Å². The van der Waals surface area contributed by atoms with E-state index >= 15 is 0 Å². The Balaban J connectivity index is 1.73. The lowest BCUT2D eigenvalue weighted by Gasteiger charge is -2.02. The van der Waals surface area contributed by atoms with E-state index in [1.165, 1.54) is 24.2 Å². The molecular formula is C11H17N3OS. The van der Waals surface area contributed by atoms with Gasteiger partial charge in [-0.05, 0) is 18.8 Å². The summed E-state index contributed by atoms with van der Waals surface area (Å²) in [5, 5.41) is 5.40. The molecule has 4 nitrogen and oxygen atoms in total. The summed E-state index contributed by atoms with van der Waals surface area (Å²) >= 11 is 1.38. The topological polar surface area (TPSA) is 68.0 Å². The average Bonchev–Trinajstić information content (AvgIpc) is 2.79. The van der Waals surface area contributed by atoms with Gasteiger partial charge in [0.05, 0.1) is 12.1 Å². The van der Waals surface area contributed by atoms with Gasteiger partial charge in [0.15, 0.2) is 5.13 Å². The molecule has 1 fully saturated rings. The number of hydrogen-bond donors (Lipinski definition) is 2. The van der Waals surface area contributed by atoms with E-state index in [2.05, 4.69) is 17.2 Å². The summed E-state index contributed by atoms with van der Waals surface area (Å²) in [5.41, 5.74) is 6.28. The Bertz CT molecular complexity index is 377. The van der Waals surface area contributed by atoms with E-state index in [1.54, 1.807) is 0 Å². The molecule has 0 spiro atoms. The average molecular weight is 239 g/mol. The van der Waals surface area contributed by atoms with Crippen molar-refractivity contribution < 1.29 is 4.79 Å². The number of carbonyl (C=O) groups is 1. The lowest BCUT2D eigenvalue weighted by atomic mass is 10.2. The van der Waals surface area contributed by atoms with Crippen LogP contribution in [0.25, 0.3) is 0 Å². The van der Waals surface area contributed by atoms with Crippen LogP contribution >= 0.6 is 11.3 Å². The molecular weight excluding hydrogens is 222 g/mol. The highest BCUT2D eigenvalue weighted by Crippen LogP contribution is 2.34. The van der Waals surface area contributed by atoms with Gasteiger partial charge in [0.25, 0.3) is 0 Å². The van der Waals surface area contributed by atoms with Crippen molar-refractivity contribution in [1.82, 2.24) is 10.3 Å². The minimum Gasteiger partial charge on any atom is -0.375 e. The number of nitrogens with zero attached hydrogens (tertiary/aromatic N) is 1. The van der Waals surface area contributed by atoms with E-state index in [-0.39, 0.29) is 5.91 Å². The summed E-state index contributed by atoms with van der Waals surface area (Å²) in [7, 11) is 0. The number of thiazole rings is 1. The first-order valence-corrected chi connectivity index (χ1v) is 6.56. The van der Waals surface area contributed by atoms with E-state index in [4.69, 9.17) is 5.73 Å². The fourth-order valence-electron chi connectivity index (χ4n) is 1.94. The molecule has 1 aliphatic carbocycles. The molecule has 16 heavy (non-hydrogen) atoms. The molecule has 2 rings (SSSR count). The van der Waals surface area contributed by atoms with Crippen LogP contribution in [-0.4, -0.2) is 16.9 Å². The van der Waals surface area contributed by atoms with Gasteiger partial charge in [-0.2, -0.15) is 0 Å². The SMILES string of the molecule is CCCC1CC1NC(=O)Cc1csc(N)n1. The van der Waals surface area contributed by atoms with Gasteiger partial charge in [-0.3, -0.25) is 4.79 Å². The van der Waals surface area contributed by atoms with Gasteiger partial charge in [-0.25, -0.2) is 4.98 Å². The second-order valence-corrected chi connectivity index (χ2v) is 5.20. The Labute approximate surface area is 99.3 Å². The smallest absolute Gasteiger partial charge is 0.226 e. The number of aromatic nitrogens is 1. The standard InChI is InChI=1S/C11H17N3OS/c1-2-3-7-4-9(7)14-10(15)5-8-6-16-11(12)13-8/h6-7,9H,2-5H2,1H3,(H2,12,13)(H,14,15). The Hall–Kier alpha value is -1.10. The molecule has 0 saturated heterocycles. The minimum absolute atomic E-state index is 0.0638. The number of carbonyl (C=O) groups excluding carboxylic acids is 1. The molecule has 0 aromatic carbocycles. The van der Waals surface area contributed by atoms with Gasteiger partial charge >= 0.3 is 0 Å². The van der Waals surface area contributed by atoms with Crippen LogP contribution in [0.15, 0.2) is 5.38 Å². The molecule has 3 N–H and O–H groups in total. The number of nitrogen functional groups attached to an aromatic ring is 1. The maximum atomic E-state index is 11.6. The minimum atomic E-state index is 0.0638. The van der Waals surface area contributed by atoms with Crippen LogP contribution in [0.3, 0.4) is 0 Å². The van der Waals surface area contributed by atoms with Crippen molar-refractivity contribution >= 4 is 22.4 Å². The van der Waals surface area contributed by atoms with Crippen LogP contribution in [0.4, 0.5) is 5.13 Å². The third-order valence-electron chi connectivity index (χ3n) is 2.84. The Morgan fingerprint density at radius 1 is 1.75 bits per heavy atom. The monoisotopic (exact) mass is 239 g/mol. The third-order valence-corrected chi connectivity index (χ3v) is 3.56. The molecule has 1 saturated carbocycles. The van der Waals surface area contributed by atoms with E-state index in [0.717, 1.165) is 12.1 Å². The molecule has 88 valence electrons. The van der Waals surface area contributed by atoms with Crippen molar-refractivity contribution in [2.24, 2.45) is 5.92 Å². The third kappa shape index (κ3) is 2.95. The maximum absolute atomic E-state index is 11.6. The number of rotatable bonds is 5. The van der Waals surface area contributed by atoms with Crippen LogP contribution in [0.5, 0.6) is 0 Å². The van der Waals surface area contributed by atoms with E-state index in [1.807, 2.05) is 5.38 Å². The normalized spacial score (nSPS) is 23.1. The summed E-state index contributed by atoms with van der Waals surface area (Å²) in [6.45, 7) is 2.18. The molecule has 2 atom stereocenters. The molecule has 1 aromatic rings. The number of nitrogens with two attached hydrogens (primary N) is 1. The maximum Gasteiger partial charge on any atom is 0.226 e. The van der Waals surface area contributed by atoms with Crippen molar-refractivity contribution in [2.45, 2.75) is 38.6 Å². The van der Waals surface area contributed by atoms with Crippen molar-refractivity contribution in [3.8, 4) is 0 Å². The zero-order chi connectivity index (χ0) is 11.5. The summed E-state index contributed by atoms with van der Waals surface area (Å²) in [5.74, 6) is 0.767. The first-order chi connectivity index (χ1) is 7.69. The quantitative estimate of drug-likeness (QED) is 0.819. The number of anilines is 1. The van der Waals surface area contributed by atoms with Crippen LogP contribution in [-0.2, 0) is 11.2 Å². The predicted molar refractivity (Wildman–Crippen MR) is 65.2 cm³/mol. The van der Waals surface area contributed by atoms with Gasteiger partial charge in [0, 0.05) is 11.4 Å². The van der Waals surface area contributed by atoms with E-state index in [0.29, 0.717) is 23.5 Å². The fourth-order valence-corrected chi connectivity index (χ4v) is 2.50. The fraction of sp³-hybridized carbons (Fsp3) is 0.636. The first kappa shape index (κ1) is 11.4. The highest BCUT2D eigenvalue weighted by Gasteiger charge is 2.36. The molecule has 1 aliphatic rings. The second kappa shape index (κ2) is 4.82. The highest BCUT2D eigenvalue weighted by molar-refractivity contribution is 7.13. The Kier molecular flexibility index (Phi) is 3.43. The predicted octanol–water partition coefficient (Wildman–Crippen LogP) is 1.57. The highest BCUT2D eigenvalue weighted by atomic mass is 32.1. The summed E-state index contributed by atoms with van der Waals surface area (Å²) in [6.07, 6.45) is 3.90. The molecule has 0 aliphatic heterocycles. The van der Waals surface area contributed by atoms with Crippen LogP contribution < -0.4 is 11.1 Å². The lowest BCUT2D eigenvalue weighted by molar-refractivity contribution is -0.120. The lowest BCUT2D eigenvalue weighted by Crippen LogP contribution is -2.28. The summed E-state index contributed by atoms with van der Waals surface area (Å²) in [6, 6.07) is 0.406. The number of amides is 1. The van der Waals surface area contributed by atoms with E-state index in [9.17, 15) is 4.79 Å². The molecule has 1 amide bonds. The van der Waals surface area contributed by atoms with E-state index < -0.39 is 0 Å². The van der Waals surface area contributed by atoms with Crippen LogP contribution in [0.2, 0.25) is 0 Å². The summed E-state index contributed by atoms with van der Waals surface area (Å²) in [4.78, 5) is 15.7. The zero-order valence-corrected chi connectivity index (χ0v) is 10.2. The molecule has 0 radical (unpaired) electrons. The van der Waals surface area contributed by atoms with Gasteiger partial charge in [-0.1, -0.05) is 13.3 Å². The number of nitrogens with one attached hydrogen (secondary N) is 1. The molecule has 5 heteroatoms. The van der Waals surface area contributed by atoms with Gasteiger partial charge < -0.3 is 11.1 Å². The van der Waals surface area contributed by atoms with Crippen LogP contribution in [0, 0.1) is 5.92 Å². The Morgan fingerprint density at radius 2 is 2.56 bits per heavy atom. The molecule has 1 aromatic heterocycles. The van der Waals surface area contributed by atoms with Gasteiger partial charge in [-0.15, -0.1) is 11.3 Å². The molecule has 0 bridgehead atoms. The number of hydrogen-bond acceptors (Lipinski definition) is 4. The zero-order valence-electron chi connectivity index (χ0n) is 9.40. The van der Waals surface area contributed by atoms with Crippen molar-refractivity contribution in [2.75, 3.05) is 5.73 Å². The van der Waals surface area contributed by atoms with Gasteiger partial charge in [0.1, 0.15) is 0 Å².